The first-order valence-electron chi connectivity index (χ1n) is 5.06. The molecule has 1 aromatic carbocycles. The number of thiophene rings is 1. The van der Waals surface area contributed by atoms with Crippen LogP contribution in [0.2, 0.25) is 0 Å². The van der Waals surface area contributed by atoms with Gasteiger partial charge in [-0.3, -0.25) is 4.79 Å². The predicted molar refractivity (Wildman–Crippen MR) is 68.1 cm³/mol. The summed E-state index contributed by atoms with van der Waals surface area (Å²) in [5, 5.41) is 0. The number of benzene rings is 1. The predicted octanol–water partition coefficient (Wildman–Crippen LogP) is 3.18. The molecule has 0 aliphatic rings. The first-order valence-corrected chi connectivity index (χ1v) is 5.87. The smallest absolute Gasteiger partial charge is 0.205 e. The Labute approximate surface area is 98.7 Å². The summed E-state index contributed by atoms with van der Waals surface area (Å²) >= 11 is 1.50. The molecule has 0 amide bonds. The highest BCUT2D eigenvalue weighted by Crippen LogP contribution is 2.24. The van der Waals surface area contributed by atoms with Crippen molar-refractivity contribution in [2.24, 2.45) is 0 Å². The second-order valence-electron chi connectivity index (χ2n) is 3.78. The van der Waals surface area contributed by atoms with Crippen molar-refractivity contribution in [2.75, 3.05) is 5.73 Å². The number of hydrogen-bond acceptors (Lipinski definition) is 3. The summed E-state index contributed by atoms with van der Waals surface area (Å²) in [6.07, 6.45) is 0. The van der Waals surface area contributed by atoms with Crippen LogP contribution in [-0.4, -0.2) is 5.78 Å². The van der Waals surface area contributed by atoms with Crippen molar-refractivity contribution in [3.05, 3.63) is 51.2 Å². The molecule has 0 saturated carbocycles. The number of rotatable bonds is 2. The molecule has 0 saturated heterocycles. The Morgan fingerprint density at radius 3 is 2.50 bits per heavy atom. The standard InChI is InChI=1S/C13H13NOS/c1-8-4-3-5-10(14)12(8)13(15)11-7-6-9(2)16-11/h3-7H,14H2,1-2H3. The first kappa shape index (κ1) is 10.9. The number of carbonyl (C=O) groups excluding carboxylic acids is 1. The average Bonchev–Trinajstić information content (AvgIpc) is 2.64. The summed E-state index contributed by atoms with van der Waals surface area (Å²) in [5.74, 6) is 0.0219. The highest BCUT2D eigenvalue weighted by molar-refractivity contribution is 7.14. The molecule has 82 valence electrons. The van der Waals surface area contributed by atoms with Crippen LogP contribution >= 0.6 is 11.3 Å². The number of aryl methyl sites for hydroxylation is 2. The third-order valence-corrected chi connectivity index (χ3v) is 3.50. The maximum absolute atomic E-state index is 12.2. The lowest BCUT2D eigenvalue weighted by atomic mass is 10.0. The third-order valence-electron chi connectivity index (χ3n) is 2.50. The zero-order valence-electron chi connectivity index (χ0n) is 9.28. The van der Waals surface area contributed by atoms with Crippen LogP contribution in [0.3, 0.4) is 0 Å². The molecule has 0 fully saturated rings. The summed E-state index contributed by atoms with van der Waals surface area (Å²) in [6, 6.07) is 9.34. The monoisotopic (exact) mass is 231 g/mol. The number of anilines is 1. The van der Waals surface area contributed by atoms with E-state index >= 15 is 0 Å². The molecular weight excluding hydrogens is 218 g/mol. The number of nitrogen functional groups attached to an aromatic ring is 1. The summed E-state index contributed by atoms with van der Waals surface area (Å²) < 4.78 is 0. The first-order chi connectivity index (χ1) is 7.59. The van der Waals surface area contributed by atoms with Crippen molar-refractivity contribution < 1.29 is 4.79 Å². The largest absolute Gasteiger partial charge is 0.398 e. The van der Waals surface area contributed by atoms with Gasteiger partial charge in [0.15, 0.2) is 0 Å². The molecule has 0 atom stereocenters. The fourth-order valence-corrected chi connectivity index (χ4v) is 2.49. The Balaban J connectivity index is 2.49. The van der Waals surface area contributed by atoms with E-state index in [1.165, 1.54) is 11.3 Å². The van der Waals surface area contributed by atoms with Crippen LogP contribution in [-0.2, 0) is 0 Å². The highest BCUT2D eigenvalue weighted by Gasteiger charge is 2.15. The van der Waals surface area contributed by atoms with Gasteiger partial charge in [0.05, 0.1) is 4.88 Å². The van der Waals surface area contributed by atoms with E-state index in [4.69, 9.17) is 5.73 Å². The minimum Gasteiger partial charge on any atom is -0.398 e. The molecule has 2 rings (SSSR count). The Morgan fingerprint density at radius 1 is 1.19 bits per heavy atom. The van der Waals surface area contributed by atoms with Crippen molar-refractivity contribution in [3.63, 3.8) is 0 Å². The van der Waals surface area contributed by atoms with E-state index in [0.29, 0.717) is 11.3 Å². The number of carbonyl (C=O) groups is 1. The Bertz CT molecular complexity index is 522. The molecule has 3 heteroatoms. The zero-order valence-corrected chi connectivity index (χ0v) is 10.1. The van der Waals surface area contributed by atoms with Crippen LogP contribution in [0.15, 0.2) is 30.3 Å². The Hall–Kier alpha value is -1.61. The van der Waals surface area contributed by atoms with Gasteiger partial charge >= 0.3 is 0 Å². The number of hydrogen-bond donors (Lipinski definition) is 1. The minimum absolute atomic E-state index is 0.0219. The second kappa shape index (κ2) is 4.10. The lowest BCUT2D eigenvalue weighted by Gasteiger charge is -2.06. The SMILES string of the molecule is Cc1ccc(C(=O)c2c(C)cccc2N)s1. The van der Waals surface area contributed by atoms with Crippen LogP contribution in [0.5, 0.6) is 0 Å². The minimum atomic E-state index is 0.0219. The molecule has 2 nitrogen and oxygen atoms in total. The van der Waals surface area contributed by atoms with Crippen molar-refractivity contribution in [2.45, 2.75) is 13.8 Å². The zero-order chi connectivity index (χ0) is 11.7. The van der Waals surface area contributed by atoms with Crippen LogP contribution in [0.25, 0.3) is 0 Å². The normalized spacial score (nSPS) is 10.4. The molecule has 0 spiro atoms. The summed E-state index contributed by atoms with van der Waals surface area (Å²) in [5.41, 5.74) is 7.96. The van der Waals surface area contributed by atoms with E-state index in [-0.39, 0.29) is 5.78 Å². The van der Waals surface area contributed by atoms with E-state index < -0.39 is 0 Å². The van der Waals surface area contributed by atoms with E-state index in [1.54, 1.807) is 6.07 Å². The van der Waals surface area contributed by atoms with Gasteiger partial charge in [-0.1, -0.05) is 12.1 Å². The molecule has 1 heterocycles. The van der Waals surface area contributed by atoms with E-state index in [0.717, 1.165) is 15.3 Å². The summed E-state index contributed by atoms with van der Waals surface area (Å²) in [7, 11) is 0. The van der Waals surface area contributed by atoms with Crippen LogP contribution in [0, 0.1) is 13.8 Å². The van der Waals surface area contributed by atoms with Crippen molar-refractivity contribution in [3.8, 4) is 0 Å². The van der Waals surface area contributed by atoms with Crippen molar-refractivity contribution in [1.29, 1.82) is 0 Å². The third kappa shape index (κ3) is 1.86. The lowest BCUT2D eigenvalue weighted by molar-refractivity contribution is 0.104. The maximum Gasteiger partial charge on any atom is 0.205 e. The van der Waals surface area contributed by atoms with Gasteiger partial charge in [-0.2, -0.15) is 0 Å². The van der Waals surface area contributed by atoms with Gasteiger partial charge < -0.3 is 5.73 Å². The second-order valence-corrected chi connectivity index (χ2v) is 5.07. The molecule has 1 aromatic heterocycles. The molecule has 0 aliphatic heterocycles. The molecule has 0 bridgehead atoms. The van der Waals surface area contributed by atoms with Gasteiger partial charge in [0.2, 0.25) is 5.78 Å². The molecule has 0 radical (unpaired) electrons. The molecule has 2 aromatic rings. The van der Waals surface area contributed by atoms with Crippen molar-refractivity contribution in [1.82, 2.24) is 0 Å². The van der Waals surface area contributed by atoms with Gasteiger partial charge in [-0.25, -0.2) is 0 Å². The molecule has 16 heavy (non-hydrogen) atoms. The van der Waals surface area contributed by atoms with Gasteiger partial charge in [0.25, 0.3) is 0 Å². The van der Waals surface area contributed by atoms with Gasteiger partial charge in [0.1, 0.15) is 0 Å². The summed E-state index contributed by atoms with van der Waals surface area (Å²) in [4.78, 5) is 14.1. The maximum atomic E-state index is 12.2. The number of ketones is 1. The highest BCUT2D eigenvalue weighted by atomic mass is 32.1. The molecule has 0 unspecified atom stereocenters. The van der Waals surface area contributed by atoms with E-state index in [1.807, 2.05) is 38.1 Å². The van der Waals surface area contributed by atoms with E-state index in [2.05, 4.69) is 0 Å². The number of nitrogens with two attached hydrogens (primary N) is 1. The van der Waals surface area contributed by atoms with Gasteiger partial charge in [-0.05, 0) is 37.6 Å². The Morgan fingerprint density at radius 2 is 1.94 bits per heavy atom. The summed E-state index contributed by atoms with van der Waals surface area (Å²) in [6.45, 7) is 3.90. The molecule has 0 aliphatic carbocycles. The van der Waals surface area contributed by atoms with Crippen LogP contribution in [0.1, 0.15) is 25.7 Å². The lowest BCUT2D eigenvalue weighted by Crippen LogP contribution is -2.05. The quantitative estimate of drug-likeness (QED) is 0.637. The average molecular weight is 231 g/mol. The van der Waals surface area contributed by atoms with E-state index in [9.17, 15) is 4.79 Å². The molecular formula is C13H13NOS. The van der Waals surface area contributed by atoms with Crippen molar-refractivity contribution >= 4 is 22.8 Å². The van der Waals surface area contributed by atoms with Crippen LogP contribution in [0.4, 0.5) is 5.69 Å². The fraction of sp³-hybridized carbons (Fsp3) is 0.154. The molecule has 2 N–H and O–H groups in total. The van der Waals surface area contributed by atoms with Gasteiger partial charge in [0, 0.05) is 16.1 Å². The fourth-order valence-electron chi connectivity index (χ4n) is 1.68. The van der Waals surface area contributed by atoms with Crippen LogP contribution < -0.4 is 5.73 Å². The topological polar surface area (TPSA) is 43.1 Å². The van der Waals surface area contributed by atoms with Gasteiger partial charge in [-0.15, -0.1) is 11.3 Å². The Kier molecular flexibility index (Phi) is 2.79.